The van der Waals surface area contributed by atoms with Crippen LogP contribution in [0.1, 0.15) is 18.9 Å². The number of aryl methyl sites for hydroxylation is 1. The Morgan fingerprint density at radius 3 is 3.12 bits per heavy atom. The van der Waals surface area contributed by atoms with Crippen LogP contribution in [0.3, 0.4) is 0 Å². The molecule has 1 saturated heterocycles. The first-order valence-electron chi connectivity index (χ1n) is 6.00. The Morgan fingerprint density at radius 1 is 1.47 bits per heavy atom. The highest BCUT2D eigenvalue weighted by atomic mass is 16.1. The number of hydrogen-bond acceptors (Lipinski definition) is 3. The van der Waals surface area contributed by atoms with Gasteiger partial charge in [-0.1, -0.05) is 0 Å². The molecule has 1 N–H and O–H groups in total. The van der Waals surface area contributed by atoms with Gasteiger partial charge in [0.2, 0.25) is 0 Å². The lowest BCUT2D eigenvalue weighted by Gasteiger charge is -2.23. The van der Waals surface area contributed by atoms with Gasteiger partial charge >= 0.3 is 5.69 Å². The topological polar surface area (TPSA) is 51.9 Å². The summed E-state index contributed by atoms with van der Waals surface area (Å²) in [4.78, 5) is 16.3. The fourth-order valence-electron chi connectivity index (χ4n) is 2.62. The van der Waals surface area contributed by atoms with Crippen molar-refractivity contribution < 1.29 is 0 Å². The Balaban J connectivity index is 2.21. The summed E-state index contributed by atoms with van der Waals surface area (Å²) in [7, 11) is 1.80. The molecule has 5 heteroatoms. The molecule has 0 saturated carbocycles. The molecule has 0 aliphatic carbocycles. The van der Waals surface area contributed by atoms with E-state index in [4.69, 9.17) is 0 Å². The molecule has 0 radical (unpaired) electrons. The van der Waals surface area contributed by atoms with Gasteiger partial charge in [0.05, 0.1) is 23.3 Å². The van der Waals surface area contributed by atoms with Gasteiger partial charge in [-0.25, -0.2) is 4.79 Å². The van der Waals surface area contributed by atoms with E-state index in [1.54, 1.807) is 24.0 Å². The monoisotopic (exact) mass is 232 g/mol. The van der Waals surface area contributed by atoms with Gasteiger partial charge in [0.1, 0.15) is 0 Å². The maximum Gasteiger partial charge on any atom is 0.329 e. The molecule has 1 aliphatic rings. The summed E-state index contributed by atoms with van der Waals surface area (Å²) in [6, 6.07) is 2.19. The minimum Gasteiger partial charge on any atom is -0.315 e. The van der Waals surface area contributed by atoms with Crippen LogP contribution < -0.4 is 11.0 Å². The number of fused-ring (bicyclic) bond motifs is 1. The molecular weight excluding hydrogens is 216 g/mol. The quantitative estimate of drug-likeness (QED) is 0.786. The van der Waals surface area contributed by atoms with E-state index in [-0.39, 0.29) is 11.7 Å². The van der Waals surface area contributed by atoms with Crippen molar-refractivity contribution in [2.24, 2.45) is 7.05 Å². The largest absolute Gasteiger partial charge is 0.329 e. The molecule has 2 aromatic heterocycles. The molecule has 3 rings (SSSR count). The molecule has 0 spiro atoms. The number of aromatic nitrogens is 3. The number of nitrogens with zero attached hydrogens (tertiary/aromatic N) is 3. The van der Waals surface area contributed by atoms with Gasteiger partial charge in [-0.05, 0) is 25.5 Å². The van der Waals surface area contributed by atoms with E-state index >= 15 is 0 Å². The van der Waals surface area contributed by atoms with Crippen molar-refractivity contribution in [1.82, 2.24) is 19.4 Å². The van der Waals surface area contributed by atoms with Crippen LogP contribution in [0, 0.1) is 0 Å². The third kappa shape index (κ3) is 1.58. The average molecular weight is 232 g/mol. The number of rotatable bonds is 1. The van der Waals surface area contributed by atoms with Crippen molar-refractivity contribution in [2.75, 3.05) is 13.1 Å². The zero-order valence-corrected chi connectivity index (χ0v) is 9.89. The Bertz CT molecular complexity index is 592. The fourth-order valence-corrected chi connectivity index (χ4v) is 2.62. The van der Waals surface area contributed by atoms with Crippen molar-refractivity contribution in [3.8, 4) is 0 Å². The first-order chi connectivity index (χ1) is 8.29. The summed E-state index contributed by atoms with van der Waals surface area (Å²) in [6.45, 7) is 1.93. The first kappa shape index (κ1) is 10.5. The molecular formula is C12H16N4O. The second-order valence-electron chi connectivity index (χ2n) is 4.58. The Hall–Kier alpha value is -1.62. The van der Waals surface area contributed by atoms with Crippen molar-refractivity contribution in [3.63, 3.8) is 0 Å². The van der Waals surface area contributed by atoms with E-state index in [1.165, 1.54) is 0 Å². The zero-order valence-electron chi connectivity index (χ0n) is 9.89. The third-order valence-electron chi connectivity index (χ3n) is 3.53. The van der Waals surface area contributed by atoms with Crippen LogP contribution in [-0.2, 0) is 7.05 Å². The molecule has 5 nitrogen and oxygen atoms in total. The summed E-state index contributed by atoms with van der Waals surface area (Å²) >= 11 is 0. The first-order valence-corrected chi connectivity index (χ1v) is 6.00. The smallest absolute Gasteiger partial charge is 0.315 e. The van der Waals surface area contributed by atoms with E-state index in [2.05, 4.69) is 10.3 Å². The van der Waals surface area contributed by atoms with E-state index in [9.17, 15) is 4.79 Å². The Morgan fingerprint density at radius 2 is 2.35 bits per heavy atom. The summed E-state index contributed by atoms with van der Waals surface area (Å²) in [5.74, 6) is 0. The van der Waals surface area contributed by atoms with Crippen LogP contribution in [0.2, 0.25) is 0 Å². The van der Waals surface area contributed by atoms with E-state index < -0.39 is 0 Å². The van der Waals surface area contributed by atoms with Crippen molar-refractivity contribution in [3.05, 3.63) is 28.9 Å². The predicted molar refractivity (Wildman–Crippen MR) is 66.1 cm³/mol. The molecule has 3 heterocycles. The highest BCUT2D eigenvalue weighted by Crippen LogP contribution is 2.20. The highest BCUT2D eigenvalue weighted by molar-refractivity contribution is 5.74. The summed E-state index contributed by atoms with van der Waals surface area (Å²) in [5, 5.41) is 3.35. The predicted octanol–water partition coefficient (Wildman–Crippen LogP) is 0.659. The van der Waals surface area contributed by atoms with Gasteiger partial charge in [-0.3, -0.25) is 14.1 Å². The highest BCUT2D eigenvalue weighted by Gasteiger charge is 2.20. The maximum absolute atomic E-state index is 12.3. The standard InChI is InChI=1S/C12H16N4O/c1-15-11-8-14-6-4-10(11)16(12(15)17)9-3-2-5-13-7-9/h4,6,8-9,13H,2-3,5,7H2,1H3. The normalized spacial score (nSPS) is 20.9. The number of imidazole rings is 1. The summed E-state index contributed by atoms with van der Waals surface area (Å²) in [5.41, 5.74) is 1.95. The lowest BCUT2D eigenvalue weighted by atomic mass is 10.1. The van der Waals surface area contributed by atoms with Gasteiger partial charge in [0.15, 0.2) is 0 Å². The van der Waals surface area contributed by atoms with Gasteiger partial charge in [-0.2, -0.15) is 0 Å². The van der Waals surface area contributed by atoms with Gasteiger partial charge in [0.25, 0.3) is 0 Å². The molecule has 1 unspecified atom stereocenters. The van der Waals surface area contributed by atoms with Gasteiger partial charge in [0, 0.05) is 19.8 Å². The number of pyridine rings is 1. The molecule has 17 heavy (non-hydrogen) atoms. The SMILES string of the molecule is Cn1c(=O)n(C2CCCNC2)c2ccncc21. The van der Waals surface area contributed by atoms with Crippen LogP contribution in [0.25, 0.3) is 11.0 Å². The minimum atomic E-state index is 0.0571. The average Bonchev–Trinajstić information content (AvgIpc) is 2.64. The molecule has 1 fully saturated rings. The fraction of sp³-hybridized carbons (Fsp3) is 0.500. The van der Waals surface area contributed by atoms with Crippen LogP contribution in [0.15, 0.2) is 23.3 Å². The number of hydrogen-bond donors (Lipinski definition) is 1. The zero-order chi connectivity index (χ0) is 11.8. The summed E-state index contributed by atoms with van der Waals surface area (Å²) < 4.78 is 3.58. The maximum atomic E-state index is 12.3. The second-order valence-corrected chi connectivity index (χ2v) is 4.58. The van der Waals surface area contributed by atoms with Crippen molar-refractivity contribution >= 4 is 11.0 Å². The van der Waals surface area contributed by atoms with Crippen molar-refractivity contribution in [2.45, 2.75) is 18.9 Å². The lowest BCUT2D eigenvalue weighted by Crippen LogP contribution is -2.36. The van der Waals surface area contributed by atoms with Crippen LogP contribution in [0.5, 0.6) is 0 Å². The van der Waals surface area contributed by atoms with Crippen LogP contribution in [-0.4, -0.2) is 27.2 Å². The summed E-state index contributed by atoms with van der Waals surface area (Å²) in [6.07, 6.45) is 5.69. The Labute approximate surface area is 99.1 Å². The number of nitrogens with one attached hydrogen (secondary N) is 1. The molecule has 1 aliphatic heterocycles. The third-order valence-corrected chi connectivity index (χ3v) is 3.53. The van der Waals surface area contributed by atoms with E-state index in [0.29, 0.717) is 0 Å². The Kier molecular flexibility index (Phi) is 2.48. The minimum absolute atomic E-state index is 0.0571. The molecule has 2 aromatic rings. The van der Waals surface area contributed by atoms with Gasteiger partial charge < -0.3 is 5.32 Å². The van der Waals surface area contributed by atoms with Crippen LogP contribution >= 0.6 is 0 Å². The number of piperidine rings is 1. The van der Waals surface area contributed by atoms with E-state index in [0.717, 1.165) is 37.0 Å². The van der Waals surface area contributed by atoms with Gasteiger partial charge in [-0.15, -0.1) is 0 Å². The molecule has 1 atom stereocenters. The lowest BCUT2D eigenvalue weighted by molar-refractivity contribution is 0.369. The van der Waals surface area contributed by atoms with Crippen molar-refractivity contribution in [1.29, 1.82) is 0 Å². The van der Waals surface area contributed by atoms with Crippen LogP contribution in [0.4, 0.5) is 0 Å². The second kappa shape index (κ2) is 4.00. The molecule has 0 bridgehead atoms. The molecule has 90 valence electrons. The molecule has 0 aromatic carbocycles. The van der Waals surface area contributed by atoms with E-state index in [1.807, 2.05) is 10.6 Å². The molecule has 0 amide bonds.